The normalized spacial score (nSPS) is 12.8. The molecule has 0 saturated heterocycles. The first kappa shape index (κ1) is 14.6. The first-order valence-corrected chi connectivity index (χ1v) is 7.13. The third kappa shape index (κ3) is 3.39. The van der Waals surface area contributed by atoms with Gasteiger partial charge in [-0.3, -0.25) is 0 Å². The Morgan fingerprint density at radius 2 is 2.15 bits per heavy atom. The van der Waals surface area contributed by atoms with Crippen molar-refractivity contribution in [3.05, 3.63) is 30.5 Å². The lowest BCUT2D eigenvalue weighted by molar-refractivity contribution is 0.261. The van der Waals surface area contributed by atoms with Gasteiger partial charge in [0.1, 0.15) is 11.6 Å². The standard InChI is InChI=1S/C16H23N3O/c1-4-12(2)19(3)10-9-18-16-15-11-14(20)6-5-13(15)7-8-17-16/h5-8,11-12,20H,4,9-10H2,1-3H3,(H,17,18). The number of anilines is 1. The zero-order valence-corrected chi connectivity index (χ0v) is 12.4. The third-order valence-corrected chi connectivity index (χ3v) is 3.85. The number of rotatable bonds is 6. The molecular formula is C16H23N3O. The lowest BCUT2D eigenvalue weighted by Gasteiger charge is -2.23. The molecule has 2 N–H and O–H groups in total. The van der Waals surface area contributed by atoms with Crippen LogP contribution in [0.25, 0.3) is 10.8 Å². The van der Waals surface area contributed by atoms with Gasteiger partial charge in [-0.1, -0.05) is 13.0 Å². The Labute approximate surface area is 120 Å². The number of hydrogen-bond donors (Lipinski definition) is 2. The van der Waals surface area contributed by atoms with E-state index in [0.29, 0.717) is 6.04 Å². The van der Waals surface area contributed by atoms with E-state index in [0.717, 1.165) is 36.1 Å². The Morgan fingerprint density at radius 3 is 2.90 bits per heavy atom. The van der Waals surface area contributed by atoms with Crippen LogP contribution in [-0.2, 0) is 0 Å². The lowest BCUT2D eigenvalue weighted by atomic mass is 10.1. The monoisotopic (exact) mass is 273 g/mol. The van der Waals surface area contributed by atoms with Crippen molar-refractivity contribution in [3.8, 4) is 5.75 Å². The van der Waals surface area contributed by atoms with Crippen LogP contribution in [0, 0.1) is 0 Å². The van der Waals surface area contributed by atoms with Gasteiger partial charge in [-0.05, 0) is 44.0 Å². The summed E-state index contributed by atoms with van der Waals surface area (Å²) in [5, 5.41) is 15.0. The summed E-state index contributed by atoms with van der Waals surface area (Å²) in [6.07, 6.45) is 2.94. The van der Waals surface area contributed by atoms with E-state index in [2.05, 4.69) is 36.1 Å². The Kier molecular flexibility index (Phi) is 4.79. The highest BCUT2D eigenvalue weighted by Gasteiger charge is 2.07. The number of pyridine rings is 1. The van der Waals surface area contributed by atoms with Crippen molar-refractivity contribution in [2.75, 3.05) is 25.5 Å². The maximum absolute atomic E-state index is 9.61. The number of hydrogen-bond acceptors (Lipinski definition) is 4. The SMILES string of the molecule is CCC(C)N(C)CCNc1nccc2ccc(O)cc12. The van der Waals surface area contributed by atoms with Crippen molar-refractivity contribution in [2.45, 2.75) is 26.3 Å². The first-order chi connectivity index (χ1) is 9.61. The fourth-order valence-electron chi connectivity index (χ4n) is 2.18. The molecule has 108 valence electrons. The quantitative estimate of drug-likeness (QED) is 0.849. The summed E-state index contributed by atoms with van der Waals surface area (Å²) >= 11 is 0. The van der Waals surface area contributed by atoms with E-state index >= 15 is 0 Å². The maximum atomic E-state index is 9.61. The highest BCUT2D eigenvalue weighted by Crippen LogP contribution is 2.24. The molecule has 1 aromatic carbocycles. The van der Waals surface area contributed by atoms with Gasteiger partial charge in [-0.2, -0.15) is 0 Å². The lowest BCUT2D eigenvalue weighted by Crippen LogP contribution is -2.32. The predicted octanol–water partition coefficient (Wildman–Crippen LogP) is 3.08. The summed E-state index contributed by atoms with van der Waals surface area (Å²) in [6.45, 7) is 6.23. The van der Waals surface area contributed by atoms with E-state index < -0.39 is 0 Å². The number of fused-ring (bicyclic) bond motifs is 1. The Morgan fingerprint density at radius 1 is 1.35 bits per heavy atom. The molecule has 0 bridgehead atoms. The molecule has 0 aliphatic carbocycles. The number of benzene rings is 1. The van der Waals surface area contributed by atoms with Crippen LogP contribution >= 0.6 is 0 Å². The third-order valence-electron chi connectivity index (χ3n) is 3.85. The average molecular weight is 273 g/mol. The van der Waals surface area contributed by atoms with Gasteiger partial charge in [0.05, 0.1) is 0 Å². The molecule has 2 aromatic rings. The van der Waals surface area contributed by atoms with Crippen LogP contribution in [0.1, 0.15) is 20.3 Å². The molecular weight excluding hydrogens is 250 g/mol. The van der Waals surface area contributed by atoms with Crippen LogP contribution in [0.3, 0.4) is 0 Å². The highest BCUT2D eigenvalue weighted by molar-refractivity contribution is 5.92. The van der Waals surface area contributed by atoms with Gasteiger partial charge < -0.3 is 15.3 Å². The van der Waals surface area contributed by atoms with Crippen molar-refractivity contribution in [1.82, 2.24) is 9.88 Å². The summed E-state index contributed by atoms with van der Waals surface area (Å²) in [7, 11) is 2.14. The molecule has 0 fully saturated rings. The van der Waals surface area contributed by atoms with E-state index in [1.165, 1.54) is 0 Å². The number of nitrogens with one attached hydrogen (secondary N) is 1. The smallest absolute Gasteiger partial charge is 0.133 e. The van der Waals surface area contributed by atoms with Crippen LogP contribution in [0.15, 0.2) is 30.5 Å². The molecule has 0 amide bonds. The van der Waals surface area contributed by atoms with Crippen molar-refractivity contribution in [3.63, 3.8) is 0 Å². The summed E-state index contributed by atoms with van der Waals surface area (Å²) in [4.78, 5) is 6.70. The number of likely N-dealkylation sites (N-methyl/N-ethyl adjacent to an activating group) is 1. The number of phenolic OH excluding ortho intramolecular Hbond substituents is 1. The molecule has 2 rings (SSSR count). The van der Waals surface area contributed by atoms with E-state index in [1.807, 2.05) is 12.1 Å². The second kappa shape index (κ2) is 6.57. The topological polar surface area (TPSA) is 48.4 Å². The van der Waals surface area contributed by atoms with Crippen molar-refractivity contribution >= 4 is 16.6 Å². The van der Waals surface area contributed by atoms with Crippen molar-refractivity contribution in [1.29, 1.82) is 0 Å². The van der Waals surface area contributed by atoms with E-state index in [9.17, 15) is 5.11 Å². The minimum atomic E-state index is 0.269. The molecule has 4 nitrogen and oxygen atoms in total. The van der Waals surface area contributed by atoms with Gasteiger partial charge in [0, 0.05) is 30.7 Å². The predicted molar refractivity (Wildman–Crippen MR) is 84.3 cm³/mol. The molecule has 0 aliphatic heterocycles. The zero-order valence-electron chi connectivity index (χ0n) is 12.4. The fraction of sp³-hybridized carbons (Fsp3) is 0.438. The van der Waals surface area contributed by atoms with Crippen molar-refractivity contribution in [2.24, 2.45) is 0 Å². The van der Waals surface area contributed by atoms with Crippen LogP contribution in [-0.4, -0.2) is 41.2 Å². The van der Waals surface area contributed by atoms with Crippen molar-refractivity contribution < 1.29 is 5.11 Å². The molecule has 1 heterocycles. The minimum absolute atomic E-state index is 0.269. The average Bonchev–Trinajstić information content (AvgIpc) is 2.46. The van der Waals surface area contributed by atoms with Crippen LogP contribution in [0.5, 0.6) is 5.75 Å². The van der Waals surface area contributed by atoms with Gasteiger partial charge in [0.15, 0.2) is 0 Å². The Hall–Kier alpha value is -1.81. The van der Waals surface area contributed by atoms with Gasteiger partial charge in [0.25, 0.3) is 0 Å². The van der Waals surface area contributed by atoms with Crippen LogP contribution < -0.4 is 5.32 Å². The minimum Gasteiger partial charge on any atom is -0.508 e. The fourth-order valence-corrected chi connectivity index (χ4v) is 2.18. The summed E-state index contributed by atoms with van der Waals surface area (Å²) in [6, 6.07) is 7.89. The largest absolute Gasteiger partial charge is 0.508 e. The number of aromatic nitrogens is 1. The van der Waals surface area contributed by atoms with Gasteiger partial charge in [-0.15, -0.1) is 0 Å². The highest BCUT2D eigenvalue weighted by atomic mass is 16.3. The summed E-state index contributed by atoms with van der Waals surface area (Å²) in [5.41, 5.74) is 0. The molecule has 0 spiro atoms. The molecule has 0 saturated carbocycles. The second-order valence-electron chi connectivity index (χ2n) is 5.23. The first-order valence-electron chi connectivity index (χ1n) is 7.13. The maximum Gasteiger partial charge on any atom is 0.133 e. The van der Waals surface area contributed by atoms with Gasteiger partial charge in [-0.25, -0.2) is 4.98 Å². The van der Waals surface area contributed by atoms with Crippen LogP contribution in [0.2, 0.25) is 0 Å². The van der Waals surface area contributed by atoms with Crippen LogP contribution in [0.4, 0.5) is 5.82 Å². The molecule has 0 aliphatic rings. The zero-order chi connectivity index (χ0) is 14.5. The second-order valence-corrected chi connectivity index (χ2v) is 5.23. The number of aromatic hydroxyl groups is 1. The molecule has 20 heavy (non-hydrogen) atoms. The van der Waals surface area contributed by atoms with E-state index in [1.54, 1.807) is 18.3 Å². The molecule has 4 heteroatoms. The van der Waals surface area contributed by atoms with E-state index in [-0.39, 0.29) is 5.75 Å². The molecule has 0 radical (unpaired) electrons. The molecule has 1 aromatic heterocycles. The van der Waals surface area contributed by atoms with E-state index in [4.69, 9.17) is 0 Å². The summed E-state index contributed by atoms with van der Waals surface area (Å²) in [5.74, 6) is 1.10. The Balaban J connectivity index is 2.05. The van der Waals surface area contributed by atoms with Gasteiger partial charge in [0.2, 0.25) is 0 Å². The Bertz CT molecular complexity index is 571. The molecule has 1 atom stereocenters. The summed E-state index contributed by atoms with van der Waals surface area (Å²) < 4.78 is 0. The molecule has 1 unspecified atom stereocenters. The number of phenols is 1. The van der Waals surface area contributed by atoms with Gasteiger partial charge >= 0.3 is 0 Å². The number of nitrogens with zero attached hydrogens (tertiary/aromatic N) is 2.